The van der Waals surface area contributed by atoms with Crippen LogP contribution >= 0.6 is 0 Å². The first kappa shape index (κ1) is 15.4. The number of rotatable bonds is 2. The van der Waals surface area contributed by atoms with Gasteiger partial charge in [-0.15, -0.1) is 0 Å². The van der Waals surface area contributed by atoms with E-state index < -0.39 is 37.9 Å². The monoisotopic (exact) mass is 254 g/mol. The Bertz CT molecular complexity index is 522. The Balaban J connectivity index is 0.00000225. The van der Waals surface area contributed by atoms with Crippen molar-refractivity contribution in [2.75, 3.05) is 0 Å². The number of hydrogen-bond donors (Lipinski definition) is 2. The number of phenols is 2. The molecule has 0 aliphatic heterocycles. The molecule has 82 valence electrons. The SMILES string of the molecule is CC(=O)c1cc(S(=O)(=O)[O-])cc(O)c1O.[Na+]. The third-order valence-electron chi connectivity index (χ3n) is 1.73. The van der Waals surface area contributed by atoms with Gasteiger partial charge in [0.2, 0.25) is 0 Å². The van der Waals surface area contributed by atoms with Gasteiger partial charge in [-0.2, -0.15) is 0 Å². The Morgan fingerprint density at radius 3 is 2.19 bits per heavy atom. The molecule has 0 aliphatic rings. The van der Waals surface area contributed by atoms with Crippen LogP contribution in [0.3, 0.4) is 0 Å². The predicted octanol–water partition coefficient (Wildman–Crippen LogP) is -2.79. The molecule has 0 spiro atoms. The second-order valence-corrected chi connectivity index (χ2v) is 4.23. The van der Waals surface area contributed by atoms with Gasteiger partial charge in [-0.25, -0.2) is 8.42 Å². The van der Waals surface area contributed by atoms with E-state index in [2.05, 4.69) is 0 Å². The van der Waals surface area contributed by atoms with Crippen LogP contribution in [0.2, 0.25) is 0 Å². The fraction of sp³-hybridized carbons (Fsp3) is 0.125. The fourth-order valence-electron chi connectivity index (χ4n) is 1.01. The third-order valence-corrected chi connectivity index (χ3v) is 2.54. The molecule has 0 amide bonds. The predicted molar refractivity (Wildman–Crippen MR) is 47.7 cm³/mol. The van der Waals surface area contributed by atoms with Crippen molar-refractivity contribution >= 4 is 15.9 Å². The molecule has 2 N–H and O–H groups in total. The van der Waals surface area contributed by atoms with Gasteiger partial charge in [0, 0.05) is 6.07 Å². The molecule has 0 heterocycles. The Morgan fingerprint density at radius 2 is 1.81 bits per heavy atom. The summed E-state index contributed by atoms with van der Waals surface area (Å²) in [5, 5.41) is 18.3. The maximum atomic E-state index is 10.9. The molecule has 1 aromatic carbocycles. The van der Waals surface area contributed by atoms with E-state index in [1.807, 2.05) is 0 Å². The molecule has 0 saturated heterocycles. The molecule has 1 rings (SSSR count). The quantitative estimate of drug-likeness (QED) is 0.255. The number of carbonyl (C=O) groups excluding carboxylic acids is 1. The summed E-state index contributed by atoms with van der Waals surface area (Å²) in [5.41, 5.74) is -0.413. The van der Waals surface area contributed by atoms with Crippen LogP contribution in [0.5, 0.6) is 11.5 Å². The molecule has 6 nitrogen and oxygen atoms in total. The maximum absolute atomic E-state index is 10.9. The zero-order valence-corrected chi connectivity index (χ0v) is 11.4. The van der Waals surface area contributed by atoms with E-state index in [4.69, 9.17) is 5.11 Å². The van der Waals surface area contributed by atoms with Crippen molar-refractivity contribution < 1.29 is 57.5 Å². The molecule has 0 aromatic heterocycles. The molecular weight excluding hydrogens is 247 g/mol. The number of phenolic OH excluding ortho intramolecular Hbond substituents is 2. The molecule has 0 unspecified atom stereocenters. The van der Waals surface area contributed by atoms with Crippen molar-refractivity contribution in [3.63, 3.8) is 0 Å². The van der Waals surface area contributed by atoms with Gasteiger partial charge in [0.25, 0.3) is 0 Å². The number of ketones is 1. The standard InChI is InChI=1S/C8H8O6S.Na/c1-4(9)6-2-5(15(12,13)14)3-7(10)8(6)11;/h2-3,10-11H,1H3,(H,12,13,14);/q;+1/p-1. The Labute approximate surface area is 114 Å². The average Bonchev–Trinajstić information content (AvgIpc) is 2.06. The van der Waals surface area contributed by atoms with E-state index in [0.717, 1.165) is 13.0 Å². The summed E-state index contributed by atoms with van der Waals surface area (Å²) in [7, 11) is -4.77. The molecule has 0 radical (unpaired) electrons. The Hall–Kier alpha value is -0.600. The summed E-state index contributed by atoms with van der Waals surface area (Å²) in [4.78, 5) is 10.2. The van der Waals surface area contributed by atoms with E-state index in [1.165, 1.54) is 0 Å². The second kappa shape index (κ2) is 5.15. The second-order valence-electron chi connectivity index (χ2n) is 2.85. The number of benzene rings is 1. The number of hydrogen-bond acceptors (Lipinski definition) is 6. The maximum Gasteiger partial charge on any atom is 1.00 e. The summed E-state index contributed by atoms with van der Waals surface area (Å²) >= 11 is 0. The average molecular weight is 254 g/mol. The van der Waals surface area contributed by atoms with Crippen LogP contribution in [0.4, 0.5) is 0 Å². The minimum atomic E-state index is -4.77. The molecule has 0 fully saturated rings. The summed E-state index contributed by atoms with van der Waals surface area (Å²) in [6, 6.07) is 1.31. The largest absolute Gasteiger partial charge is 1.00 e. The normalized spacial score (nSPS) is 10.6. The van der Waals surface area contributed by atoms with Crippen LogP contribution < -0.4 is 29.6 Å². The topological polar surface area (TPSA) is 115 Å². The zero-order chi connectivity index (χ0) is 11.8. The summed E-state index contributed by atoms with van der Waals surface area (Å²) in [6.45, 7) is 1.07. The molecule has 8 heteroatoms. The Morgan fingerprint density at radius 1 is 1.31 bits per heavy atom. The van der Waals surface area contributed by atoms with Gasteiger partial charge >= 0.3 is 29.6 Å². The summed E-state index contributed by atoms with van der Waals surface area (Å²) in [5.74, 6) is -2.22. The molecule has 1 aromatic rings. The van der Waals surface area contributed by atoms with Crippen LogP contribution in [-0.4, -0.2) is 29.0 Å². The van der Waals surface area contributed by atoms with Crippen LogP contribution in [-0.2, 0) is 10.1 Å². The minimum absolute atomic E-state index is 0. The van der Waals surface area contributed by atoms with E-state index in [9.17, 15) is 22.9 Å². The van der Waals surface area contributed by atoms with Gasteiger partial charge in [-0.05, 0) is 13.0 Å². The van der Waals surface area contributed by atoms with Gasteiger partial charge in [0.15, 0.2) is 17.3 Å². The van der Waals surface area contributed by atoms with Gasteiger partial charge in [0.1, 0.15) is 10.1 Å². The fourth-order valence-corrected chi connectivity index (χ4v) is 1.52. The smallest absolute Gasteiger partial charge is 0.744 e. The van der Waals surface area contributed by atoms with Gasteiger partial charge < -0.3 is 14.8 Å². The van der Waals surface area contributed by atoms with Gasteiger partial charge in [-0.3, -0.25) is 4.79 Å². The van der Waals surface area contributed by atoms with Crippen molar-refractivity contribution in [1.29, 1.82) is 0 Å². The van der Waals surface area contributed by atoms with Crippen molar-refractivity contribution in [3.8, 4) is 11.5 Å². The number of carbonyl (C=O) groups is 1. The first-order valence-electron chi connectivity index (χ1n) is 3.76. The van der Waals surface area contributed by atoms with E-state index in [0.29, 0.717) is 6.07 Å². The van der Waals surface area contributed by atoms with Crippen molar-refractivity contribution in [3.05, 3.63) is 17.7 Å². The first-order valence-corrected chi connectivity index (χ1v) is 5.17. The molecule has 0 bridgehead atoms. The summed E-state index contributed by atoms with van der Waals surface area (Å²) < 4.78 is 31.8. The molecule has 0 atom stereocenters. The minimum Gasteiger partial charge on any atom is -0.744 e. The van der Waals surface area contributed by atoms with Crippen molar-refractivity contribution in [2.24, 2.45) is 0 Å². The van der Waals surface area contributed by atoms with Crippen LogP contribution in [0.15, 0.2) is 17.0 Å². The molecule has 0 aliphatic carbocycles. The molecule has 0 saturated carbocycles. The number of Topliss-reactive ketones (excluding diaryl/α,β-unsaturated/α-hetero) is 1. The van der Waals surface area contributed by atoms with Crippen molar-refractivity contribution in [1.82, 2.24) is 0 Å². The first-order chi connectivity index (χ1) is 6.73. The van der Waals surface area contributed by atoms with Gasteiger partial charge in [-0.1, -0.05) is 0 Å². The van der Waals surface area contributed by atoms with E-state index in [-0.39, 0.29) is 29.6 Å². The van der Waals surface area contributed by atoms with Crippen LogP contribution in [0, 0.1) is 0 Å². The van der Waals surface area contributed by atoms with E-state index >= 15 is 0 Å². The summed E-state index contributed by atoms with van der Waals surface area (Å²) in [6.07, 6.45) is 0. The zero-order valence-electron chi connectivity index (χ0n) is 8.59. The van der Waals surface area contributed by atoms with Crippen LogP contribution in [0.25, 0.3) is 0 Å². The van der Waals surface area contributed by atoms with Gasteiger partial charge in [0.05, 0.1) is 10.5 Å². The molecular formula is C8H7NaO6S. The third kappa shape index (κ3) is 3.19. The Kier molecular flexibility index (Phi) is 4.96. The number of aromatic hydroxyl groups is 2. The van der Waals surface area contributed by atoms with Crippen LogP contribution in [0.1, 0.15) is 17.3 Å². The molecule has 16 heavy (non-hydrogen) atoms. The van der Waals surface area contributed by atoms with Crippen molar-refractivity contribution in [2.45, 2.75) is 11.8 Å². The van der Waals surface area contributed by atoms with E-state index in [1.54, 1.807) is 0 Å².